The van der Waals surface area contributed by atoms with Gasteiger partial charge in [0.1, 0.15) is 5.75 Å². The Balaban J connectivity index is 1.73. The number of carbonyl (C=O) groups is 1. The number of amides is 1. The number of rotatable bonds is 5. The Morgan fingerprint density at radius 2 is 1.89 bits per heavy atom. The lowest BCUT2D eigenvalue weighted by atomic mass is 10.0. The average Bonchev–Trinajstić information content (AvgIpc) is 3.06. The van der Waals surface area contributed by atoms with E-state index in [1.807, 2.05) is 0 Å². The Hall–Kier alpha value is -2.58. The Morgan fingerprint density at radius 3 is 2.56 bits per heavy atom. The summed E-state index contributed by atoms with van der Waals surface area (Å²) in [6.45, 7) is 1.23. The second-order valence-electron chi connectivity index (χ2n) is 6.49. The monoisotopic (exact) mass is 380 g/mol. The van der Waals surface area contributed by atoms with E-state index in [0.717, 1.165) is 0 Å². The van der Waals surface area contributed by atoms with Gasteiger partial charge in [-0.15, -0.1) is 13.2 Å². The summed E-state index contributed by atoms with van der Waals surface area (Å²) in [6, 6.07) is 12.1. The van der Waals surface area contributed by atoms with Crippen molar-refractivity contribution in [3.63, 3.8) is 0 Å². The summed E-state index contributed by atoms with van der Waals surface area (Å²) in [6.07, 6.45) is -4.21. The largest absolute Gasteiger partial charge is 0.573 e. The molecular formula is C19H19F3N2O3. The van der Waals surface area contributed by atoms with Crippen molar-refractivity contribution in [3.05, 3.63) is 54.1 Å². The fourth-order valence-electron chi connectivity index (χ4n) is 2.94. The zero-order chi connectivity index (χ0) is 19.5. The summed E-state index contributed by atoms with van der Waals surface area (Å²) in [5.74, 6) is -0.689. The van der Waals surface area contributed by atoms with Gasteiger partial charge >= 0.3 is 6.36 Å². The van der Waals surface area contributed by atoms with Crippen LogP contribution in [0.3, 0.4) is 0 Å². The molecule has 27 heavy (non-hydrogen) atoms. The summed E-state index contributed by atoms with van der Waals surface area (Å²) < 4.78 is 41.1. The van der Waals surface area contributed by atoms with Crippen LogP contribution in [0.15, 0.2) is 48.5 Å². The Kier molecular flexibility index (Phi) is 5.38. The van der Waals surface area contributed by atoms with Gasteiger partial charge in [0.05, 0.1) is 5.60 Å². The van der Waals surface area contributed by atoms with E-state index in [9.17, 15) is 23.1 Å². The summed E-state index contributed by atoms with van der Waals surface area (Å²) in [5.41, 5.74) is 0.460. The molecule has 0 aromatic heterocycles. The molecular weight excluding hydrogens is 361 g/mol. The lowest BCUT2D eigenvalue weighted by Crippen LogP contribution is -2.44. The fourth-order valence-corrected chi connectivity index (χ4v) is 2.94. The van der Waals surface area contributed by atoms with Crippen molar-refractivity contribution in [2.24, 2.45) is 0 Å². The van der Waals surface area contributed by atoms with E-state index in [0.29, 0.717) is 36.2 Å². The maximum absolute atomic E-state index is 12.4. The molecule has 144 valence electrons. The van der Waals surface area contributed by atoms with E-state index in [2.05, 4.69) is 15.4 Å². The fraction of sp³-hybridized carbons (Fsp3) is 0.316. The van der Waals surface area contributed by atoms with Gasteiger partial charge in [-0.2, -0.15) is 0 Å². The average molecular weight is 380 g/mol. The van der Waals surface area contributed by atoms with Crippen LogP contribution in [0, 0.1) is 0 Å². The van der Waals surface area contributed by atoms with Gasteiger partial charge in [-0.05, 0) is 48.4 Å². The van der Waals surface area contributed by atoms with Gasteiger partial charge in [-0.25, -0.2) is 0 Å². The molecule has 1 aliphatic rings. The number of halogens is 3. The minimum absolute atomic E-state index is 0.123. The Morgan fingerprint density at radius 1 is 1.19 bits per heavy atom. The topological polar surface area (TPSA) is 70.6 Å². The van der Waals surface area contributed by atoms with Crippen LogP contribution in [0.2, 0.25) is 0 Å². The molecule has 1 heterocycles. The van der Waals surface area contributed by atoms with Crippen molar-refractivity contribution in [1.29, 1.82) is 0 Å². The molecule has 1 amide bonds. The third-order valence-electron chi connectivity index (χ3n) is 4.32. The van der Waals surface area contributed by atoms with Crippen LogP contribution in [-0.4, -0.2) is 42.6 Å². The number of carbonyl (C=O) groups excluding carboxylic acids is 1. The SMILES string of the molecule is O=C(NC[C@@]1(O)CCNC1)c1cccc(-c2cccc(OC(F)(F)F)c2)c1. The summed E-state index contributed by atoms with van der Waals surface area (Å²) in [4.78, 5) is 12.4. The standard InChI is InChI=1S/C19H19F3N2O3/c20-19(21,22)27-16-6-2-4-14(10-16)13-3-1-5-15(9-13)17(25)24-12-18(26)7-8-23-11-18/h1-6,9-10,23,26H,7-8,11-12H2,(H,24,25)/t18-/m1/s1. The number of aliphatic hydroxyl groups is 1. The predicted molar refractivity (Wildman–Crippen MR) is 93.3 cm³/mol. The summed E-state index contributed by atoms with van der Waals surface area (Å²) in [5, 5.41) is 16.0. The number of β-amino-alcohol motifs (C(OH)–C–C–N with tert-alkyl or cyclic N) is 1. The minimum Gasteiger partial charge on any atom is -0.406 e. The molecule has 1 aliphatic heterocycles. The first kappa shape index (κ1) is 19.2. The van der Waals surface area contributed by atoms with E-state index in [1.54, 1.807) is 30.3 Å². The third kappa shape index (κ3) is 5.21. The Bertz CT molecular complexity index is 818. The molecule has 1 fully saturated rings. The van der Waals surface area contributed by atoms with Gasteiger partial charge < -0.3 is 20.5 Å². The number of benzene rings is 2. The number of ether oxygens (including phenoxy) is 1. The van der Waals surface area contributed by atoms with Crippen molar-refractivity contribution < 1.29 is 27.8 Å². The van der Waals surface area contributed by atoms with Crippen LogP contribution in [0.4, 0.5) is 13.2 Å². The maximum Gasteiger partial charge on any atom is 0.573 e. The highest BCUT2D eigenvalue weighted by Crippen LogP contribution is 2.28. The molecule has 1 saturated heterocycles. The van der Waals surface area contributed by atoms with Crippen LogP contribution in [0.1, 0.15) is 16.8 Å². The highest BCUT2D eigenvalue weighted by Gasteiger charge is 2.32. The normalized spacial score (nSPS) is 19.7. The first-order valence-corrected chi connectivity index (χ1v) is 8.42. The highest BCUT2D eigenvalue weighted by atomic mass is 19.4. The summed E-state index contributed by atoms with van der Waals surface area (Å²) >= 11 is 0. The van der Waals surface area contributed by atoms with Gasteiger partial charge in [-0.1, -0.05) is 24.3 Å². The molecule has 0 radical (unpaired) electrons. The molecule has 0 bridgehead atoms. The van der Waals surface area contributed by atoms with E-state index in [1.165, 1.54) is 18.2 Å². The second-order valence-corrected chi connectivity index (χ2v) is 6.49. The van der Waals surface area contributed by atoms with Crippen molar-refractivity contribution in [2.45, 2.75) is 18.4 Å². The van der Waals surface area contributed by atoms with E-state index >= 15 is 0 Å². The number of hydrogen-bond donors (Lipinski definition) is 3. The minimum atomic E-state index is -4.77. The second kappa shape index (κ2) is 7.58. The maximum atomic E-state index is 12.4. The smallest absolute Gasteiger partial charge is 0.406 e. The quantitative estimate of drug-likeness (QED) is 0.746. The van der Waals surface area contributed by atoms with Gasteiger partial charge in [0.25, 0.3) is 5.91 Å². The van der Waals surface area contributed by atoms with Crippen LogP contribution in [0.5, 0.6) is 5.75 Å². The molecule has 0 unspecified atom stereocenters. The van der Waals surface area contributed by atoms with Gasteiger partial charge in [0.2, 0.25) is 0 Å². The number of nitrogens with one attached hydrogen (secondary N) is 2. The van der Waals surface area contributed by atoms with Crippen molar-refractivity contribution in [1.82, 2.24) is 10.6 Å². The molecule has 0 saturated carbocycles. The molecule has 0 spiro atoms. The van der Waals surface area contributed by atoms with Gasteiger partial charge in [0, 0.05) is 18.7 Å². The van der Waals surface area contributed by atoms with E-state index in [-0.39, 0.29) is 18.2 Å². The predicted octanol–water partition coefficient (Wildman–Crippen LogP) is 2.71. The lowest BCUT2D eigenvalue weighted by Gasteiger charge is -2.21. The van der Waals surface area contributed by atoms with E-state index < -0.39 is 12.0 Å². The van der Waals surface area contributed by atoms with Crippen molar-refractivity contribution in [3.8, 4) is 16.9 Å². The molecule has 2 aromatic rings. The zero-order valence-electron chi connectivity index (χ0n) is 14.3. The number of hydrogen-bond acceptors (Lipinski definition) is 4. The van der Waals surface area contributed by atoms with Crippen LogP contribution < -0.4 is 15.4 Å². The van der Waals surface area contributed by atoms with E-state index in [4.69, 9.17) is 0 Å². The van der Waals surface area contributed by atoms with Gasteiger partial charge in [-0.3, -0.25) is 4.79 Å². The molecule has 5 nitrogen and oxygen atoms in total. The van der Waals surface area contributed by atoms with Gasteiger partial charge in [0.15, 0.2) is 0 Å². The molecule has 3 N–H and O–H groups in total. The molecule has 3 rings (SSSR count). The molecule has 0 aliphatic carbocycles. The third-order valence-corrected chi connectivity index (χ3v) is 4.32. The molecule has 8 heteroatoms. The molecule has 1 atom stereocenters. The first-order chi connectivity index (χ1) is 12.7. The van der Waals surface area contributed by atoms with Crippen molar-refractivity contribution >= 4 is 5.91 Å². The number of alkyl halides is 3. The summed E-state index contributed by atoms with van der Waals surface area (Å²) in [7, 11) is 0. The van der Waals surface area contributed by atoms with Crippen LogP contribution in [0.25, 0.3) is 11.1 Å². The zero-order valence-corrected chi connectivity index (χ0v) is 14.3. The first-order valence-electron chi connectivity index (χ1n) is 8.42. The van der Waals surface area contributed by atoms with Crippen LogP contribution in [-0.2, 0) is 0 Å². The highest BCUT2D eigenvalue weighted by molar-refractivity contribution is 5.95. The Labute approximate surface area is 154 Å². The lowest BCUT2D eigenvalue weighted by molar-refractivity contribution is -0.274. The molecule has 2 aromatic carbocycles. The van der Waals surface area contributed by atoms with Crippen LogP contribution >= 0.6 is 0 Å². The van der Waals surface area contributed by atoms with Crippen molar-refractivity contribution in [2.75, 3.05) is 19.6 Å².